The maximum Gasteiger partial charge on any atom is 0.134 e. The minimum atomic E-state index is 0.0732. The van der Waals surface area contributed by atoms with Crippen molar-refractivity contribution in [2.75, 3.05) is 18.5 Å². The number of aromatic nitrogens is 2. The zero-order chi connectivity index (χ0) is 11.6. The summed E-state index contributed by atoms with van der Waals surface area (Å²) in [5.41, 5.74) is 0.0732. The second kappa shape index (κ2) is 4.55. The largest absolute Gasteiger partial charge is 0.396 e. The normalized spacial score (nSPS) is 17.2. The minimum Gasteiger partial charge on any atom is -0.396 e. The van der Waals surface area contributed by atoms with Crippen molar-refractivity contribution >= 4 is 17.4 Å². The van der Waals surface area contributed by atoms with E-state index in [2.05, 4.69) is 15.3 Å². The second-order valence-electron chi connectivity index (χ2n) is 4.36. The van der Waals surface area contributed by atoms with Crippen molar-refractivity contribution in [3.63, 3.8) is 0 Å². The summed E-state index contributed by atoms with van der Waals surface area (Å²) in [5.74, 6) is 1.49. The molecule has 5 heteroatoms. The molecule has 2 N–H and O–H groups in total. The van der Waals surface area contributed by atoms with Crippen LogP contribution in [0.15, 0.2) is 6.07 Å². The molecule has 1 aromatic rings. The molecule has 1 aromatic heterocycles. The van der Waals surface area contributed by atoms with Crippen LogP contribution in [0, 0.1) is 5.41 Å². The summed E-state index contributed by atoms with van der Waals surface area (Å²) in [6.07, 6.45) is 2.92. The zero-order valence-electron chi connectivity index (χ0n) is 9.33. The summed E-state index contributed by atoms with van der Waals surface area (Å²) in [7, 11) is 0. The standard InChI is InChI=1S/C11H16ClN3O/c1-2-9-14-8(12)5-10(15-9)13-6-11(7-16)3-4-11/h5,16H,2-4,6-7H2,1H3,(H,13,14,15). The van der Waals surface area contributed by atoms with Crippen molar-refractivity contribution in [3.8, 4) is 0 Å². The van der Waals surface area contributed by atoms with Gasteiger partial charge in [-0.1, -0.05) is 18.5 Å². The van der Waals surface area contributed by atoms with E-state index in [1.54, 1.807) is 6.07 Å². The number of rotatable bonds is 5. The first kappa shape index (κ1) is 11.6. The number of aliphatic hydroxyl groups excluding tert-OH is 1. The molecule has 1 fully saturated rings. The highest BCUT2D eigenvalue weighted by Gasteiger charge is 2.41. The maximum atomic E-state index is 9.19. The molecule has 16 heavy (non-hydrogen) atoms. The molecule has 0 aliphatic heterocycles. The van der Waals surface area contributed by atoms with Crippen LogP contribution < -0.4 is 5.32 Å². The highest BCUT2D eigenvalue weighted by atomic mass is 35.5. The van der Waals surface area contributed by atoms with E-state index in [1.165, 1.54) is 0 Å². The van der Waals surface area contributed by atoms with Gasteiger partial charge in [0.25, 0.3) is 0 Å². The van der Waals surface area contributed by atoms with Gasteiger partial charge in [0.2, 0.25) is 0 Å². The van der Waals surface area contributed by atoms with E-state index in [0.717, 1.165) is 37.4 Å². The molecule has 0 bridgehead atoms. The van der Waals surface area contributed by atoms with Crippen LogP contribution in [-0.2, 0) is 6.42 Å². The molecule has 0 amide bonds. The third-order valence-corrected chi connectivity index (χ3v) is 3.19. The molecule has 0 spiro atoms. The lowest BCUT2D eigenvalue weighted by molar-refractivity contribution is 0.219. The van der Waals surface area contributed by atoms with Gasteiger partial charge < -0.3 is 10.4 Å². The Balaban J connectivity index is 2.01. The summed E-state index contributed by atoms with van der Waals surface area (Å²) >= 11 is 5.89. The molecule has 1 aliphatic carbocycles. The Morgan fingerprint density at radius 1 is 1.50 bits per heavy atom. The highest BCUT2D eigenvalue weighted by molar-refractivity contribution is 6.29. The number of halogens is 1. The average molecular weight is 242 g/mol. The van der Waals surface area contributed by atoms with E-state index in [-0.39, 0.29) is 12.0 Å². The Kier molecular flexibility index (Phi) is 3.30. The lowest BCUT2D eigenvalue weighted by Crippen LogP contribution is -2.19. The predicted molar refractivity (Wildman–Crippen MR) is 63.7 cm³/mol. The topological polar surface area (TPSA) is 58.0 Å². The molecule has 0 unspecified atom stereocenters. The van der Waals surface area contributed by atoms with Crippen LogP contribution >= 0.6 is 11.6 Å². The number of hydrogen-bond acceptors (Lipinski definition) is 4. The summed E-state index contributed by atoms with van der Waals surface area (Å²) in [6, 6.07) is 1.72. The number of aliphatic hydroxyl groups is 1. The van der Waals surface area contributed by atoms with Crippen molar-refractivity contribution in [1.29, 1.82) is 0 Å². The third-order valence-electron chi connectivity index (χ3n) is 2.99. The minimum absolute atomic E-state index is 0.0732. The van der Waals surface area contributed by atoms with Crippen molar-refractivity contribution < 1.29 is 5.11 Å². The molecule has 1 aliphatic rings. The fourth-order valence-electron chi connectivity index (χ4n) is 1.56. The van der Waals surface area contributed by atoms with Gasteiger partial charge in [-0.05, 0) is 12.8 Å². The molecule has 0 aromatic carbocycles. The molecule has 0 radical (unpaired) electrons. The average Bonchev–Trinajstić information content (AvgIpc) is 3.06. The smallest absolute Gasteiger partial charge is 0.134 e. The van der Waals surface area contributed by atoms with Crippen molar-refractivity contribution in [2.45, 2.75) is 26.2 Å². The Bertz CT molecular complexity index is 379. The van der Waals surface area contributed by atoms with Crippen LogP contribution in [0.3, 0.4) is 0 Å². The third kappa shape index (κ3) is 2.62. The molecule has 0 saturated heterocycles. The number of aryl methyl sites for hydroxylation is 1. The Hall–Kier alpha value is -0.870. The van der Waals surface area contributed by atoms with E-state index in [1.807, 2.05) is 6.92 Å². The van der Waals surface area contributed by atoms with Gasteiger partial charge in [0.05, 0.1) is 6.61 Å². The van der Waals surface area contributed by atoms with Crippen molar-refractivity contribution in [1.82, 2.24) is 9.97 Å². The van der Waals surface area contributed by atoms with Gasteiger partial charge >= 0.3 is 0 Å². The number of hydrogen-bond donors (Lipinski definition) is 2. The lowest BCUT2D eigenvalue weighted by atomic mass is 10.1. The Morgan fingerprint density at radius 3 is 2.81 bits per heavy atom. The number of nitrogens with zero attached hydrogens (tertiary/aromatic N) is 2. The first-order chi connectivity index (χ1) is 7.67. The van der Waals surface area contributed by atoms with E-state index < -0.39 is 0 Å². The SMILES string of the molecule is CCc1nc(Cl)cc(NCC2(CO)CC2)n1. The van der Waals surface area contributed by atoms with Crippen LogP contribution in [0.4, 0.5) is 5.82 Å². The van der Waals surface area contributed by atoms with Gasteiger partial charge in [-0.15, -0.1) is 0 Å². The van der Waals surface area contributed by atoms with E-state index in [9.17, 15) is 5.11 Å². The van der Waals surface area contributed by atoms with Gasteiger partial charge in [-0.25, -0.2) is 9.97 Å². The summed E-state index contributed by atoms with van der Waals surface area (Å²) in [6.45, 7) is 2.98. The van der Waals surface area contributed by atoms with Gasteiger partial charge in [0, 0.05) is 24.4 Å². The molecule has 4 nitrogen and oxygen atoms in total. The molecule has 0 atom stereocenters. The van der Waals surface area contributed by atoms with Crippen LogP contribution in [-0.4, -0.2) is 28.2 Å². The van der Waals surface area contributed by atoms with Gasteiger partial charge in [0.1, 0.15) is 16.8 Å². The van der Waals surface area contributed by atoms with Crippen LogP contribution in [0.1, 0.15) is 25.6 Å². The van der Waals surface area contributed by atoms with E-state index in [4.69, 9.17) is 11.6 Å². The monoisotopic (exact) mass is 241 g/mol. The first-order valence-corrected chi connectivity index (χ1v) is 5.93. The van der Waals surface area contributed by atoms with Gasteiger partial charge in [-0.3, -0.25) is 0 Å². The molecular weight excluding hydrogens is 226 g/mol. The lowest BCUT2D eigenvalue weighted by Gasteiger charge is -2.13. The Labute approximate surface area is 100 Å². The number of anilines is 1. The quantitative estimate of drug-likeness (QED) is 0.773. The fraction of sp³-hybridized carbons (Fsp3) is 0.636. The molecule has 1 saturated carbocycles. The molecular formula is C11H16ClN3O. The summed E-state index contributed by atoms with van der Waals surface area (Å²) in [5, 5.41) is 12.9. The first-order valence-electron chi connectivity index (χ1n) is 5.56. The highest BCUT2D eigenvalue weighted by Crippen LogP contribution is 2.44. The summed E-state index contributed by atoms with van der Waals surface area (Å²) in [4.78, 5) is 8.43. The molecule has 1 heterocycles. The van der Waals surface area contributed by atoms with Crippen LogP contribution in [0.25, 0.3) is 0 Å². The van der Waals surface area contributed by atoms with Gasteiger partial charge in [-0.2, -0.15) is 0 Å². The predicted octanol–water partition coefficient (Wildman–Crippen LogP) is 1.88. The Morgan fingerprint density at radius 2 is 2.25 bits per heavy atom. The maximum absolute atomic E-state index is 9.19. The van der Waals surface area contributed by atoms with Crippen molar-refractivity contribution in [2.24, 2.45) is 5.41 Å². The van der Waals surface area contributed by atoms with Gasteiger partial charge in [0.15, 0.2) is 0 Å². The second-order valence-corrected chi connectivity index (χ2v) is 4.74. The molecule has 2 rings (SSSR count). The van der Waals surface area contributed by atoms with Crippen molar-refractivity contribution in [3.05, 3.63) is 17.0 Å². The van der Waals surface area contributed by atoms with Crippen LogP contribution in [0.5, 0.6) is 0 Å². The van der Waals surface area contributed by atoms with E-state index in [0.29, 0.717) is 5.15 Å². The molecule has 88 valence electrons. The summed E-state index contributed by atoms with van der Waals surface area (Å²) < 4.78 is 0. The van der Waals surface area contributed by atoms with E-state index >= 15 is 0 Å². The zero-order valence-corrected chi connectivity index (χ0v) is 10.1. The fourth-order valence-corrected chi connectivity index (χ4v) is 1.76. The number of nitrogens with one attached hydrogen (secondary N) is 1. The van der Waals surface area contributed by atoms with Crippen LogP contribution in [0.2, 0.25) is 5.15 Å².